The van der Waals surface area contributed by atoms with Crippen LogP contribution in [0.3, 0.4) is 0 Å². The number of fused-ring (bicyclic) bond motifs is 2. The normalized spacial score (nSPS) is 25.1. The summed E-state index contributed by atoms with van der Waals surface area (Å²) in [5.41, 5.74) is 0.641. The van der Waals surface area contributed by atoms with E-state index >= 15 is 0 Å². The molecular formula is C18H27N3O4S. The molecule has 8 heteroatoms. The highest BCUT2D eigenvalue weighted by Gasteiger charge is 2.35. The van der Waals surface area contributed by atoms with Crippen molar-refractivity contribution in [2.24, 2.45) is 0 Å². The molecule has 2 unspecified atom stereocenters. The third-order valence-corrected chi connectivity index (χ3v) is 6.67. The number of hydrogen-bond donors (Lipinski definition) is 3. The highest BCUT2D eigenvalue weighted by molar-refractivity contribution is 7.89. The van der Waals surface area contributed by atoms with Gasteiger partial charge < -0.3 is 15.4 Å². The first kappa shape index (κ1) is 19.1. The van der Waals surface area contributed by atoms with Gasteiger partial charge >= 0.3 is 0 Å². The number of carbonyl (C=O) groups is 1. The van der Waals surface area contributed by atoms with Gasteiger partial charge in [-0.25, -0.2) is 13.1 Å². The Hall–Kier alpha value is -1.64. The topological polar surface area (TPSA) is 96.5 Å². The molecule has 3 N–H and O–H groups in total. The minimum absolute atomic E-state index is 0.0379. The van der Waals surface area contributed by atoms with Crippen molar-refractivity contribution in [2.45, 2.75) is 68.6 Å². The fraction of sp³-hybridized carbons (Fsp3) is 0.611. The van der Waals surface area contributed by atoms with Crippen molar-refractivity contribution >= 4 is 15.9 Å². The quantitative estimate of drug-likeness (QED) is 0.661. The number of nitrogens with one attached hydrogen (secondary N) is 3. The van der Waals surface area contributed by atoms with Crippen LogP contribution < -0.4 is 20.1 Å². The predicted molar refractivity (Wildman–Crippen MR) is 98.4 cm³/mol. The van der Waals surface area contributed by atoms with Gasteiger partial charge in [0.15, 0.2) is 0 Å². The van der Waals surface area contributed by atoms with Crippen LogP contribution in [-0.2, 0) is 21.4 Å². The van der Waals surface area contributed by atoms with Gasteiger partial charge in [0.25, 0.3) is 0 Å². The third kappa shape index (κ3) is 4.36. The summed E-state index contributed by atoms with van der Waals surface area (Å²) in [7, 11) is -2.09. The van der Waals surface area contributed by atoms with Gasteiger partial charge in [-0.3, -0.25) is 4.79 Å². The number of methoxy groups -OCH3 is 1. The summed E-state index contributed by atoms with van der Waals surface area (Å²) in [6, 6.07) is 5.54. The Morgan fingerprint density at radius 2 is 1.96 bits per heavy atom. The van der Waals surface area contributed by atoms with Gasteiger partial charge in [-0.05, 0) is 43.9 Å². The molecule has 1 aromatic rings. The van der Waals surface area contributed by atoms with Crippen LogP contribution >= 0.6 is 0 Å². The number of ether oxygens (including phenoxy) is 1. The molecule has 0 saturated carbocycles. The van der Waals surface area contributed by atoms with E-state index in [-0.39, 0.29) is 23.4 Å². The lowest BCUT2D eigenvalue weighted by molar-refractivity contribution is -0.120. The van der Waals surface area contributed by atoms with Gasteiger partial charge in [0.05, 0.1) is 12.0 Å². The van der Waals surface area contributed by atoms with E-state index in [4.69, 9.17) is 4.74 Å². The summed E-state index contributed by atoms with van der Waals surface area (Å²) in [6.45, 7) is 2.00. The molecule has 26 heavy (non-hydrogen) atoms. The second kappa shape index (κ2) is 7.94. The fourth-order valence-electron chi connectivity index (χ4n) is 3.82. The van der Waals surface area contributed by atoms with Crippen molar-refractivity contribution in [3.05, 3.63) is 23.8 Å². The summed E-state index contributed by atoms with van der Waals surface area (Å²) in [6.07, 6.45) is 4.26. The van der Waals surface area contributed by atoms with Crippen molar-refractivity contribution in [2.75, 3.05) is 7.11 Å². The van der Waals surface area contributed by atoms with Crippen molar-refractivity contribution in [1.82, 2.24) is 15.4 Å². The number of rotatable bonds is 7. The van der Waals surface area contributed by atoms with Gasteiger partial charge in [0.2, 0.25) is 15.9 Å². The van der Waals surface area contributed by atoms with Gasteiger partial charge in [-0.1, -0.05) is 6.92 Å². The average molecular weight is 381 g/mol. The molecule has 2 bridgehead atoms. The van der Waals surface area contributed by atoms with Crippen LogP contribution in [-0.4, -0.2) is 39.6 Å². The number of piperidine rings is 1. The van der Waals surface area contributed by atoms with Crippen LogP contribution in [0, 0.1) is 0 Å². The Bertz CT molecular complexity index is 754. The lowest BCUT2D eigenvalue weighted by Crippen LogP contribution is -2.47. The molecule has 2 heterocycles. The summed E-state index contributed by atoms with van der Waals surface area (Å²) < 4.78 is 33.8. The Balaban J connectivity index is 1.75. The third-order valence-electron chi connectivity index (χ3n) is 5.15. The molecule has 3 rings (SSSR count). The van der Waals surface area contributed by atoms with Gasteiger partial charge in [-0.15, -0.1) is 0 Å². The molecule has 144 valence electrons. The molecule has 2 saturated heterocycles. The van der Waals surface area contributed by atoms with Gasteiger partial charge in [0, 0.05) is 36.7 Å². The summed E-state index contributed by atoms with van der Waals surface area (Å²) >= 11 is 0. The van der Waals surface area contributed by atoms with Gasteiger partial charge in [-0.2, -0.15) is 0 Å². The van der Waals surface area contributed by atoms with E-state index in [0.29, 0.717) is 29.8 Å². The highest BCUT2D eigenvalue weighted by atomic mass is 32.2. The zero-order chi connectivity index (χ0) is 18.7. The Kier molecular flexibility index (Phi) is 5.84. The lowest BCUT2D eigenvalue weighted by atomic mass is 10.0. The van der Waals surface area contributed by atoms with Crippen molar-refractivity contribution in [3.8, 4) is 5.75 Å². The largest absolute Gasteiger partial charge is 0.496 e. The molecule has 0 radical (unpaired) electrons. The monoisotopic (exact) mass is 381 g/mol. The van der Waals surface area contributed by atoms with E-state index in [1.165, 1.54) is 7.11 Å². The van der Waals surface area contributed by atoms with Crippen LogP contribution in [0.1, 0.15) is 44.6 Å². The number of amides is 1. The first-order chi connectivity index (χ1) is 12.4. The molecule has 2 aliphatic heterocycles. The Labute approximate surface area is 154 Å². The van der Waals surface area contributed by atoms with Crippen LogP contribution in [0.4, 0.5) is 0 Å². The molecule has 1 aromatic carbocycles. The van der Waals surface area contributed by atoms with E-state index < -0.39 is 10.0 Å². The van der Waals surface area contributed by atoms with Gasteiger partial charge in [0.1, 0.15) is 5.75 Å². The first-order valence-corrected chi connectivity index (χ1v) is 10.6. The second-order valence-corrected chi connectivity index (χ2v) is 8.75. The van der Waals surface area contributed by atoms with E-state index in [2.05, 4.69) is 15.4 Å². The Morgan fingerprint density at radius 1 is 1.27 bits per heavy atom. The first-order valence-electron chi connectivity index (χ1n) is 9.13. The lowest BCUT2D eigenvalue weighted by Gasteiger charge is -2.29. The van der Waals surface area contributed by atoms with E-state index in [1.807, 2.05) is 0 Å². The highest BCUT2D eigenvalue weighted by Crippen LogP contribution is 2.28. The minimum Gasteiger partial charge on any atom is -0.496 e. The summed E-state index contributed by atoms with van der Waals surface area (Å²) in [5, 5.41) is 6.27. The standard InChI is InChI=1S/C18H27N3O4S/c1-3-18(22)19-11-12-8-16(6-7-17(12)25-2)26(23,24)21-15-9-13-4-5-14(10-15)20-13/h6-8,13-15,20-21H,3-5,9-11H2,1-2H3,(H,19,22). The van der Waals surface area contributed by atoms with E-state index in [1.54, 1.807) is 25.1 Å². The molecule has 2 aliphatic rings. The molecule has 2 fully saturated rings. The SMILES string of the molecule is CCC(=O)NCc1cc(S(=O)(=O)NC2CC3CCC(C2)N3)ccc1OC. The molecular weight excluding hydrogens is 354 g/mol. The maximum absolute atomic E-state index is 12.8. The summed E-state index contributed by atoms with van der Waals surface area (Å²) in [5.74, 6) is 0.462. The van der Waals surface area contributed by atoms with Crippen molar-refractivity contribution in [3.63, 3.8) is 0 Å². The van der Waals surface area contributed by atoms with Crippen LogP contribution in [0.25, 0.3) is 0 Å². The fourth-order valence-corrected chi connectivity index (χ4v) is 5.13. The van der Waals surface area contributed by atoms with Crippen molar-refractivity contribution < 1.29 is 17.9 Å². The zero-order valence-electron chi connectivity index (χ0n) is 15.2. The number of carbonyl (C=O) groups excluding carboxylic acids is 1. The van der Waals surface area contributed by atoms with Crippen LogP contribution in [0.15, 0.2) is 23.1 Å². The zero-order valence-corrected chi connectivity index (χ0v) is 16.1. The molecule has 0 aromatic heterocycles. The maximum atomic E-state index is 12.8. The number of sulfonamides is 1. The van der Waals surface area contributed by atoms with E-state index in [9.17, 15) is 13.2 Å². The van der Waals surface area contributed by atoms with E-state index in [0.717, 1.165) is 25.7 Å². The summed E-state index contributed by atoms with van der Waals surface area (Å²) in [4.78, 5) is 11.7. The maximum Gasteiger partial charge on any atom is 0.240 e. The molecule has 0 spiro atoms. The molecule has 2 atom stereocenters. The number of benzene rings is 1. The predicted octanol–water partition coefficient (Wildman–Crippen LogP) is 1.28. The second-order valence-electron chi connectivity index (χ2n) is 7.03. The van der Waals surface area contributed by atoms with Crippen LogP contribution in [0.2, 0.25) is 0 Å². The van der Waals surface area contributed by atoms with Crippen LogP contribution in [0.5, 0.6) is 5.75 Å². The molecule has 7 nitrogen and oxygen atoms in total. The minimum atomic E-state index is -3.62. The molecule has 1 amide bonds. The van der Waals surface area contributed by atoms with Crippen molar-refractivity contribution in [1.29, 1.82) is 0 Å². The molecule has 0 aliphatic carbocycles. The Morgan fingerprint density at radius 3 is 2.58 bits per heavy atom. The average Bonchev–Trinajstić information content (AvgIpc) is 2.97. The number of hydrogen-bond acceptors (Lipinski definition) is 5. The smallest absolute Gasteiger partial charge is 0.240 e.